The number of carbonyl (C=O) groups is 1. The zero-order chi connectivity index (χ0) is 18.8. The largest absolute Gasteiger partial charge is 0.496 e. The van der Waals surface area contributed by atoms with Crippen LogP contribution in [0.5, 0.6) is 5.75 Å². The summed E-state index contributed by atoms with van der Waals surface area (Å²) in [6.45, 7) is 2.09. The number of likely N-dealkylation sites (tertiary alicyclic amines) is 1. The van der Waals surface area contributed by atoms with Crippen molar-refractivity contribution in [3.05, 3.63) is 54.0 Å². The van der Waals surface area contributed by atoms with E-state index in [-0.39, 0.29) is 5.91 Å². The van der Waals surface area contributed by atoms with Gasteiger partial charge in [-0.1, -0.05) is 12.1 Å². The second-order valence-electron chi connectivity index (χ2n) is 6.93. The summed E-state index contributed by atoms with van der Waals surface area (Å²) < 4.78 is 7.27. The molecule has 0 spiro atoms. The Labute approximate surface area is 158 Å². The number of aromatic nitrogens is 3. The highest BCUT2D eigenvalue weighted by atomic mass is 16.5. The van der Waals surface area contributed by atoms with Crippen LogP contribution in [0.25, 0.3) is 5.65 Å². The fourth-order valence-electron chi connectivity index (χ4n) is 3.71. The number of benzene rings is 1. The molecule has 3 heterocycles. The minimum absolute atomic E-state index is 0.234. The van der Waals surface area contributed by atoms with Gasteiger partial charge < -0.3 is 15.0 Å². The van der Waals surface area contributed by atoms with Gasteiger partial charge in [0.25, 0.3) is 5.91 Å². The fourth-order valence-corrected chi connectivity index (χ4v) is 3.71. The molecule has 140 valence electrons. The molecule has 1 fully saturated rings. The second kappa shape index (κ2) is 7.36. The van der Waals surface area contributed by atoms with E-state index in [1.165, 1.54) is 0 Å². The predicted octanol–water partition coefficient (Wildman–Crippen LogP) is 2.80. The van der Waals surface area contributed by atoms with Crippen molar-refractivity contribution >= 4 is 17.2 Å². The molecule has 3 aromatic rings. The van der Waals surface area contributed by atoms with Gasteiger partial charge in [0.1, 0.15) is 11.6 Å². The maximum absolute atomic E-state index is 12.7. The molecule has 1 N–H and O–H groups in total. The summed E-state index contributed by atoms with van der Waals surface area (Å²) in [5.74, 6) is 1.60. The van der Waals surface area contributed by atoms with Gasteiger partial charge in [-0.3, -0.25) is 9.20 Å². The van der Waals surface area contributed by atoms with Crippen molar-refractivity contribution in [2.45, 2.75) is 18.8 Å². The van der Waals surface area contributed by atoms with Gasteiger partial charge in [0.05, 0.1) is 18.4 Å². The van der Waals surface area contributed by atoms with Crippen LogP contribution < -0.4 is 10.1 Å². The van der Waals surface area contributed by atoms with E-state index >= 15 is 0 Å². The van der Waals surface area contributed by atoms with Gasteiger partial charge >= 0.3 is 0 Å². The number of hydrogen-bond acceptors (Lipinski definition) is 5. The summed E-state index contributed by atoms with van der Waals surface area (Å²) in [7, 11) is 3.69. The van der Waals surface area contributed by atoms with Crippen molar-refractivity contribution in [3.8, 4) is 5.75 Å². The third kappa shape index (κ3) is 3.38. The summed E-state index contributed by atoms with van der Waals surface area (Å²) in [6, 6.07) is 10.9. The Bertz CT molecular complexity index is 968. The van der Waals surface area contributed by atoms with Gasteiger partial charge in [-0.05, 0) is 50.7 Å². The molecule has 1 aliphatic rings. The lowest BCUT2D eigenvalue weighted by Gasteiger charge is -2.28. The van der Waals surface area contributed by atoms with Gasteiger partial charge in [-0.15, -0.1) is 10.2 Å². The minimum Gasteiger partial charge on any atom is -0.496 e. The molecule has 0 bridgehead atoms. The number of carbonyl (C=O) groups excluding carboxylic acids is 1. The van der Waals surface area contributed by atoms with Crippen molar-refractivity contribution < 1.29 is 9.53 Å². The summed E-state index contributed by atoms with van der Waals surface area (Å²) >= 11 is 0. The van der Waals surface area contributed by atoms with Gasteiger partial charge in [0.2, 0.25) is 0 Å². The maximum Gasteiger partial charge on any atom is 0.259 e. The number of ether oxygens (including phenoxy) is 1. The van der Waals surface area contributed by atoms with Gasteiger partial charge in [0.15, 0.2) is 5.65 Å². The van der Waals surface area contributed by atoms with Crippen molar-refractivity contribution in [3.63, 3.8) is 0 Å². The van der Waals surface area contributed by atoms with E-state index in [1.54, 1.807) is 19.2 Å². The molecule has 7 heteroatoms. The number of pyridine rings is 1. The van der Waals surface area contributed by atoms with Crippen molar-refractivity contribution in [2.24, 2.45) is 0 Å². The zero-order valence-corrected chi connectivity index (χ0v) is 15.6. The normalized spacial score (nSPS) is 17.8. The van der Waals surface area contributed by atoms with Crippen LogP contribution in [0.4, 0.5) is 5.69 Å². The van der Waals surface area contributed by atoms with Crippen molar-refractivity contribution in [2.75, 3.05) is 32.6 Å². The molecule has 4 rings (SSSR count). The van der Waals surface area contributed by atoms with Crippen LogP contribution in [0.15, 0.2) is 42.6 Å². The van der Waals surface area contributed by atoms with Crippen LogP contribution in [-0.2, 0) is 0 Å². The van der Waals surface area contributed by atoms with Crippen molar-refractivity contribution in [1.82, 2.24) is 19.5 Å². The molecule has 0 saturated carbocycles. The number of methoxy groups -OCH3 is 1. The Morgan fingerprint density at radius 2 is 2.07 bits per heavy atom. The van der Waals surface area contributed by atoms with Crippen LogP contribution in [0.1, 0.15) is 34.9 Å². The first kappa shape index (κ1) is 17.5. The standard InChI is InChI=1S/C20H23N5O2/c1-24-11-5-7-14(13-24)18-22-23-19-16(9-6-12-25(18)19)21-20(26)15-8-3-4-10-17(15)27-2/h3-4,6,8-10,12,14H,5,7,11,13H2,1-2H3,(H,21,26). The van der Waals surface area contributed by atoms with Crippen LogP contribution in [0.2, 0.25) is 0 Å². The molecule has 1 aromatic carbocycles. The Morgan fingerprint density at radius 3 is 2.89 bits per heavy atom. The average Bonchev–Trinajstić information content (AvgIpc) is 3.13. The number of anilines is 1. The van der Waals surface area contributed by atoms with Crippen LogP contribution in [0.3, 0.4) is 0 Å². The molecule has 2 aromatic heterocycles. The highest BCUT2D eigenvalue weighted by Gasteiger charge is 2.24. The minimum atomic E-state index is -0.234. The van der Waals surface area contributed by atoms with Crippen molar-refractivity contribution in [1.29, 1.82) is 0 Å². The van der Waals surface area contributed by atoms with E-state index in [4.69, 9.17) is 4.74 Å². The number of hydrogen-bond donors (Lipinski definition) is 1. The predicted molar refractivity (Wildman–Crippen MR) is 103 cm³/mol. The average molecular weight is 365 g/mol. The third-order valence-corrected chi connectivity index (χ3v) is 5.05. The first-order valence-corrected chi connectivity index (χ1v) is 9.14. The molecule has 1 amide bonds. The van der Waals surface area contributed by atoms with Gasteiger partial charge in [0, 0.05) is 18.7 Å². The lowest BCUT2D eigenvalue weighted by molar-refractivity contribution is 0.102. The van der Waals surface area contributed by atoms with E-state index < -0.39 is 0 Å². The van der Waals surface area contributed by atoms with Gasteiger partial charge in [-0.2, -0.15) is 0 Å². The zero-order valence-electron chi connectivity index (χ0n) is 15.6. The Kier molecular flexibility index (Phi) is 4.77. The highest BCUT2D eigenvalue weighted by Crippen LogP contribution is 2.27. The molecule has 1 aliphatic heterocycles. The molecular formula is C20H23N5O2. The summed E-state index contributed by atoms with van der Waals surface area (Å²) in [4.78, 5) is 15.1. The van der Waals surface area contributed by atoms with Gasteiger partial charge in [-0.25, -0.2) is 0 Å². The molecule has 1 saturated heterocycles. The SMILES string of the molecule is COc1ccccc1C(=O)Nc1cccn2c(C3CCCN(C)C3)nnc12. The summed E-state index contributed by atoms with van der Waals surface area (Å²) in [5, 5.41) is 11.7. The number of amides is 1. The Hall–Kier alpha value is -2.93. The second-order valence-corrected chi connectivity index (χ2v) is 6.93. The monoisotopic (exact) mass is 365 g/mol. The van der Waals surface area contributed by atoms with E-state index in [1.807, 2.05) is 34.9 Å². The smallest absolute Gasteiger partial charge is 0.259 e. The van der Waals surface area contributed by atoms with Crippen LogP contribution in [-0.4, -0.2) is 52.7 Å². The Balaban J connectivity index is 1.64. The number of nitrogens with one attached hydrogen (secondary N) is 1. The van der Waals surface area contributed by atoms with Crippen LogP contribution >= 0.6 is 0 Å². The molecular weight excluding hydrogens is 342 g/mol. The summed E-state index contributed by atoms with van der Waals surface area (Å²) in [6.07, 6.45) is 4.21. The van der Waals surface area contributed by atoms with E-state index in [9.17, 15) is 4.79 Å². The fraction of sp³-hybridized carbons (Fsp3) is 0.350. The first-order chi connectivity index (χ1) is 13.2. The van der Waals surface area contributed by atoms with E-state index in [2.05, 4.69) is 27.5 Å². The highest BCUT2D eigenvalue weighted by molar-refractivity contribution is 6.07. The maximum atomic E-state index is 12.7. The number of piperidine rings is 1. The molecule has 1 atom stereocenters. The quantitative estimate of drug-likeness (QED) is 0.770. The summed E-state index contributed by atoms with van der Waals surface area (Å²) in [5.41, 5.74) is 1.77. The number of rotatable bonds is 4. The molecule has 0 aliphatic carbocycles. The number of nitrogens with zero attached hydrogens (tertiary/aromatic N) is 4. The topological polar surface area (TPSA) is 71.8 Å². The first-order valence-electron chi connectivity index (χ1n) is 9.14. The Morgan fingerprint density at radius 1 is 1.22 bits per heavy atom. The number of para-hydroxylation sites is 1. The molecule has 1 unspecified atom stereocenters. The number of likely N-dealkylation sites (N-methyl/N-ethyl adjacent to an activating group) is 1. The molecule has 7 nitrogen and oxygen atoms in total. The van der Waals surface area contributed by atoms with E-state index in [0.29, 0.717) is 28.6 Å². The lowest BCUT2D eigenvalue weighted by Crippen LogP contribution is -2.31. The van der Waals surface area contributed by atoms with Crippen LogP contribution in [0, 0.1) is 0 Å². The third-order valence-electron chi connectivity index (χ3n) is 5.05. The number of fused-ring (bicyclic) bond motifs is 1. The van der Waals surface area contributed by atoms with E-state index in [0.717, 1.165) is 31.8 Å². The lowest BCUT2D eigenvalue weighted by atomic mass is 9.98. The molecule has 0 radical (unpaired) electrons. The molecule has 27 heavy (non-hydrogen) atoms.